The van der Waals surface area contributed by atoms with E-state index in [1.165, 1.54) is 50.2 Å². The molecule has 0 bridgehead atoms. The third kappa shape index (κ3) is 4.08. The molecule has 1 aromatic heterocycles. The van der Waals surface area contributed by atoms with Gasteiger partial charge in [0, 0.05) is 10.9 Å². The van der Waals surface area contributed by atoms with Gasteiger partial charge in [-0.3, -0.25) is 4.90 Å². The summed E-state index contributed by atoms with van der Waals surface area (Å²) in [6.45, 7) is 6.00. The van der Waals surface area contributed by atoms with Crippen molar-refractivity contribution in [3.05, 3.63) is 22.4 Å². The van der Waals surface area contributed by atoms with Crippen LogP contribution >= 0.6 is 11.3 Å². The largest absolute Gasteiger partial charge is 0.317 e. The van der Waals surface area contributed by atoms with Gasteiger partial charge < -0.3 is 5.32 Å². The van der Waals surface area contributed by atoms with Gasteiger partial charge in [-0.15, -0.1) is 11.3 Å². The van der Waals surface area contributed by atoms with Gasteiger partial charge in [-0.1, -0.05) is 6.07 Å². The molecule has 0 aliphatic carbocycles. The Hall–Kier alpha value is -0.380. The minimum absolute atomic E-state index is 0.568. The van der Waals surface area contributed by atoms with E-state index in [9.17, 15) is 0 Å². The summed E-state index contributed by atoms with van der Waals surface area (Å²) in [7, 11) is 2.26. The van der Waals surface area contributed by atoms with Crippen molar-refractivity contribution in [1.82, 2.24) is 10.2 Å². The number of hydrogen-bond donors (Lipinski definition) is 1. The SMILES string of the molecule is CC(c1cccs1)N(C)CCCC1CCNCC1. The Morgan fingerprint density at radius 3 is 2.89 bits per heavy atom. The van der Waals surface area contributed by atoms with Crippen molar-refractivity contribution in [2.75, 3.05) is 26.7 Å². The van der Waals surface area contributed by atoms with Gasteiger partial charge in [0.1, 0.15) is 0 Å². The molecule has 2 heterocycles. The zero-order valence-electron chi connectivity index (χ0n) is 11.7. The third-order valence-corrected chi connectivity index (χ3v) is 5.24. The first kappa shape index (κ1) is 14.0. The Balaban J connectivity index is 1.66. The van der Waals surface area contributed by atoms with Crippen LogP contribution in [0.5, 0.6) is 0 Å². The molecular formula is C15H26N2S. The predicted molar refractivity (Wildman–Crippen MR) is 80.2 cm³/mol. The topological polar surface area (TPSA) is 15.3 Å². The number of thiophene rings is 1. The number of rotatable bonds is 6. The summed E-state index contributed by atoms with van der Waals surface area (Å²) >= 11 is 1.87. The average Bonchev–Trinajstić information content (AvgIpc) is 2.93. The number of hydrogen-bond acceptors (Lipinski definition) is 3. The van der Waals surface area contributed by atoms with Crippen LogP contribution in [0.4, 0.5) is 0 Å². The van der Waals surface area contributed by atoms with E-state index in [1.54, 1.807) is 0 Å². The molecule has 18 heavy (non-hydrogen) atoms. The first-order chi connectivity index (χ1) is 8.77. The van der Waals surface area contributed by atoms with Crippen LogP contribution in [-0.4, -0.2) is 31.6 Å². The Kier molecular flexibility index (Phi) is 5.67. The standard InChI is InChI=1S/C15H26N2S/c1-13(15-6-4-12-18-15)17(2)11-3-5-14-7-9-16-10-8-14/h4,6,12-14,16H,3,5,7-11H2,1-2H3. The lowest BCUT2D eigenvalue weighted by atomic mass is 9.93. The van der Waals surface area contributed by atoms with E-state index in [1.807, 2.05) is 11.3 Å². The van der Waals surface area contributed by atoms with Gasteiger partial charge in [-0.25, -0.2) is 0 Å². The lowest BCUT2D eigenvalue weighted by molar-refractivity contribution is 0.244. The van der Waals surface area contributed by atoms with Crippen LogP contribution in [0.15, 0.2) is 17.5 Å². The van der Waals surface area contributed by atoms with Crippen molar-refractivity contribution in [3.63, 3.8) is 0 Å². The molecule has 3 heteroatoms. The molecule has 0 amide bonds. The van der Waals surface area contributed by atoms with Crippen LogP contribution in [-0.2, 0) is 0 Å². The first-order valence-corrected chi connectivity index (χ1v) is 8.09. The minimum Gasteiger partial charge on any atom is -0.317 e. The molecule has 1 fully saturated rings. The first-order valence-electron chi connectivity index (χ1n) is 7.21. The maximum Gasteiger partial charge on any atom is 0.0410 e. The fraction of sp³-hybridized carbons (Fsp3) is 0.733. The van der Waals surface area contributed by atoms with Gasteiger partial charge in [-0.2, -0.15) is 0 Å². The van der Waals surface area contributed by atoms with Gasteiger partial charge in [0.2, 0.25) is 0 Å². The zero-order chi connectivity index (χ0) is 12.8. The van der Waals surface area contributed by atoms with E-state index in [4.69, 9.17) is 0 Å². The number of piperidine rings is 1. The highest BCUT2D eigenvalue weighted by atomic mass is 32.1. The van der Waals surface area contributed by atoms with Gasteiger partial charge in [0.05, 0.1) is 0 Å². The van der Waals surface area contributed by atoms with Crippen LogP contribution in [0.3, 0.4) is 0 Å². The monoisotopic (exact) mass is 266 g/mol. The second-order valence-corrected chi connectivity index (χ2v) is 6.49. The summed E-state index contributed by atoms with van der Waals surface area (Å²) in [4.78, 5) is 3.98. The highest BCUT2D eigenvalue weighted by Crippen LogP contribution is 2.24. The lowest BCUT2D eigenvalue weighted by Crippen LogP contribution is -2.28. The van der Waals surface area contributed by atoms with Crippen LogP contribution in [0.2, 0.25) is 0 Å². The van der Waals surface area contributed by atoms with Crippen molar-refractivity contribution < 1.29 is 0 Å². The highest BCUT2D eigenvalue weighted by Gasteiger charge is 2.15. The minimum atomic E-state index is 0.568. The predicted octanol–water partition coefficient (Wildman–Crippen LogP) is 3.52. The van der Waals surface area contributed by atoms with E-state index in [-0.39, 0.29) is 0 Å². The number of nitrogens with one attached hydrogen (secondary N) is 1. The Morgan fingerprint density at radius 2 is 2.22 bits per heavy atom. The molecule has 1 aromatic rings. The number of nitrogens with zero attached hydrogens (tertiary/aromatic N) is 1. The summed E-state index contributed by atoms with van der Waals surface area (Å²) in [5.74, 6) is 0.969. The molecule has 102 valence electrons. The Morgan fingerprint density at radius 1 is 1.44 bits per heavy atom. The molecule has 0 radical (unpaired) electrons. The molecule has 0 spiro atoms. The maximum atomic E-state index is 3.44. The summed E-state index contributed by atoms with van der Waals surface area (Å²) < 4.78 is 0. The second kappa shape index (κ2) is 7.27. The van der Waals surface area contributed by atoms with E-state index in [2.05, 4.69) is 41.7 Å². The van der Waals surface area contributed by atoms with Crippen LogP contribution < -0.4 is 5.32 Å². The fourth-order valence-corrected chi connectivity index (χ4v) is 3.59. The lowest BCUT2D eigenvalue weighted by Gasteiger charge is -2.26. The second-order valence-electron chi connectivity index (χ2n) is 5.51. The Labute approximate surface area is 115 Å². The molecule has 1 N–H and O–H groups in total. The maximum absolute atomic E-state index is 3.44. The smallest absolute Gasteiger partial charge is 0.0410 e. The van der Waals surface area contributed by atoms with Crippen molar-refractivity contribution in [2.24, 2.45) is 5.92 Å². The molecule has 1 aliphatic heterocycles. The molecular weight excluding hydrogens is 240 g/mol. The van der Waals surface area contributed by atoms with Gasteiger partial charge in [0.15, 0.2) is 0 Å². The van der Waals surface area contributed by atoms with E-state index in [0.717, 1.165) is 5.92 Å². The van der Waals surface area contributed by atoms with Crippen molar-refractivity contribution in [1.29, 1.82) is 0 Å². The van der Waals surface area contributed by atoms with Crippen LogP contribution in [0, 0.1) is 5.92 Å². The fourth-order valence-electron chi connectivity index (χ4n) is 2.74. The molecule has 2 nitrogen and oxygen atoms in total. The normalized spacial score (nSPS) is 19.3. The molecule has 1 atom stereocenters. The average molecular weight is 266 g/mol. The highest BCUT2D eigenvalue weighted by molar-refractivity contribution is 7.10. The van der Waals surface area contributed by atoms with Crippen molar-refractivity contribution >= 4 is 11.3 Å². The molecule has 1 saturated heterocycles. The summed E-state index contributed by atoms with van der Waals surface area (Å²) in [6, 6.07) is 4.97. The molecule has 0 aromatic carbocycles. The van der Waals surface area contributed by atoms with Gasteiger partial charge in [0.25, 0.3) is 0 Å². The quantitative estimate of drug-likeness (QED) is 0.847. The van der Waals surface area contributed by atoms with E-state index in [0.29, 0.717) is 6.04 Å². The Bertz CT molecular complexity index is 317. The van der Waals surface area contributed by atoms with Crippen molar-refractivity contribution in [3.8, 4) is 0 Å². The van der Waals surface area contributed by atoms with Crippen molar-refractivity contribution in [2.45, 2.75) is 38.6 Å². The summed E-state index contributed by atoms with van der Waals surface area (Å²) in [6.07, 6.45) is 5.51. The van der Waals surface area contributed by atoms with E-state index >= 15 is 0 Å². The molecule has 1 aliphatic rings. The third-order valence-electron chi connectivity index (χ3n) is 4.20. The molecule has 0 saturated carbocycles. The summed E-state index contributed by atoms with van der Waals surface area (Å²) in [5.41, 5.74) is 0. The molecule has 1 unspecified atom stereocenters. The van der Waals surface area contributed by atoms with Gasteiger partial charge in [-0.05, 0) is 76.7 Å². The van der Waals surface area contributed by atoms with Crippen LogP contribution in [0.25, 0.3) is 0 Å². The van der Waals surface area contributed by atoms with Crippen LogP contribution in [0.1, 0.15) is 43.5 Å². The van der Waals surface area contributed by atoms with Gasteiger partial charge >= 0.3 is 0 Å². The zero-order valence-corrected chi connectivity index (χ0v) is 12.5. The van der Waals surface area contributed by atoms with E-state index < -0.39 is 0 Å². The molecule has 2 rings (SSSR count). The summed E-state index contributed by atoms with van der Waals surface area (Å²) in [5, 5.41) is 5.62.